The number of aromatic nitrogens is 2. The van der Waals surface area contributed by atoms with Gasteiger partial charge in [-0.3, -0.25) is 9.69 Å². The molecule has 0 radical (unpaired) electrons. The van der Waals surface area contributed by atoms with Crippen LogP contribution in [0.25, 0.3) is 0 Å². The molecule has 1 aliphatic rings. The average molecular weight is 567 g/mol. The van der Waals surface area contributed by atoms with E-state index in [0.717, 1.165) is 25.1 Å². The third-order valence-corrected chi connectivity index (χ3v) is 6.80. The van der Waals surface area contributed by atoms with E-state index < -0.39 is 24.3 Å². The van der Waals surface area contributed by atoms with E-state index in [9.17, 15) is 22.4 Å². The number of anilines is 2. The van der Waals surface area contributed by atoms with Crippen molar-refractivity contribution in [2.24, 2.45) is 0 Å². The maximum atomic E-state index is 14.9. The van der Waals surface area contributed by atoms with Crippen molar-refractivity contribution in [3.05, 3.63) is 77.1 Å². The topological polar surface area (TPSA) is 65.4 Å². The van der Waals surface area contributed by atoms with E-state index in [4.69, 9.17) is 11.6 Å². The van der Waals surface area contributed by atoms with E-state index in [1.165, 1.54) is 12.1 Å². The van der Waals surface area contributed by atoms with Gasteiger partial charge in [-0.15, -0.1) is 0 Å². The molecule has 0 bridgehead atoms. The summed E-state index contributed by atoms with van der Waals surface area (Å²) < 4.78 is 54.5. The summed E-state index contributed by atoms with van der Waals surface area (Å²) in [5, 5.41) is 6.50. The molecule has 3 aromatic rings. The van der Waals surface area contributed by atoms with Gasteiger partial charge < -0.3 is 20.1 Å². The monoisotopic (exact) mass is 566 g/mol. The smallest absolute Gasteiger partial charge is 0.367 e. The molecule has 1 saturated heterocycles. The number of aryl methyl sites for hydroxylation is 1. The van der Waals surface area contributed by atoms with Crippen molar-refractivity contribution in [1.82, 2.24) is 19.8 Å². The molecule has 0 unspecified atom stereocenters. The van der Waals surface area contributed by atoms with Crippen molar-refractivity contribution in [3.8, 4) is 0 Å². The summed E-state index contributed by atoms with van der Waals surface area (Å²) >= 11 is 6.20. The molecule has 0 saturated carbocycles. The van der Waals surface area contributed by atoms with Gasteiger partial charge in [-0.05, 0) is 48.9 Å². The number of hydrogen-bond acceptors (Lipinski definition) is 5. The highest BCUT2D eigenvalue weighted by Crippen LogP contribution is 2.31. The third kappa shape index (κ3) is 8.67. The van der Waals surface area contributed by atoms with Gasteiger partial charge in [0.2, 0.25) is 0 Å². The second-order valence-corrected chi connectivity index (χ2v) is 9.89. The van der Waals surface area contributed by atoms with Gasteiger partial charge in [0, 0.05) is 63.2 Å². The molecule has 2 aromatic carbocycles. The summed E-state index contributed by atoms with van der Waals surface area (Å²) in [6, 6.07) is 9.48. The number of halogens is 5. The number of benzene rings is 2. The molecule has 1 aromatic heterocycles. The van der Waals surface area contributed by atoms with Crippen LogP contribution in [0.4, 0.5) is 28.9 Å². The fourth-order valence-electron chi connectivity index (χ4n) is 4.45. The average Bonchev–Trinajstić information content (AvgIpc) is 3.42. The minimum absolute atomic E-state index is 0.0488. The van der Waals surface area contributed by atoms with Crippen LogP contribution in [0.1, 0.15) is 28.8 Å². The van der Waals surface area contributed by atoms with Gasteiger partial charge in [0.1, 0.15) is 5.82 Å². The zero-order valence-electron chi connectivity index (χ0n) is 21.4. The summed E-state index contributed by atoms with van der Waals surface area (Å²) in [6.07, 6.45) is 1.24. The molecule has 1 aliphatic heterocycles. The maximum Gasteiger partial charge on any atom is 0.390 e. The molecule has 1 fully saturated rings. The zero-order valence-corrected chi connectivity index (χ0v) is 22.1. The highest BCUT2D eigenvalue weighted by molar-refractivity contribution is 6.31. The second-order valence-electron chi connectivity index (χ2n) is 9.45. The largest absolute Gasteiger partial charge is 0.390 e. The van der Waals surface area contributed by atoms with E-state index in [1.54, 1.807) is 41.7 Å². The van der Waals surface area contributed by atoms with Crippen LogP contribution in [-0.2, 0) is 13.1 Å². The van der Waals surface area contributed by atoms with Crippen molar-refractivity contribution in [2.45, 2.75) is 32.1 Å². The molecule has 0 atom stereocenters. The van der Waals surface area contributed by atoms with Crippen LogP contribution in [0.3, 0.4) is 0 Å². The number of imidazole rings is 1. The normalized spacial score (nSPS) is 14.5. The molecule has 7 nitrogen and oxygen atoms in total. The Hall–Kier alpha value is -3.15. The molecule has 4 rings (SSSR count). The van der Waals surface area contributed by atoms with Gasteiger partial charge in [-0.1, -0.05) is 17.7 Å². The fraction of sp³-hybridized carbons (Fsp3) is 0.407. The van der Waals surface area contributed by atoms with Crippen LogP contribution in [0.2, 0.25) is 5.02 Å². The summed E-state index contributed by atoms with van der Waals surface area (Å²) in [4.78, 5) is 20.7. The number of piperazine rings is 1. The quantitative estimate of drug-likeness (QED) is 0.247. The summed E-state index contributed by atoms with van der Waals surface area (Å²) in [5.41, 5.74) is 1.73. The molecule has 2 N–H and O–H groups in total. The number of amides is 1. The van der Waals surface area contributed by atoms with Gasteiger partial charge in [0.15, 0.2) is 0 Å². The highest BCUT2D eigenvalue weighted by atomic mass is 35.5. The second kappa shape index (κ2) is 13.3. The number of alkyl halides is 3. The Labute approximate surface area is 229 Å². The lowest BCUT2D eigenvalue weighted by molar-refractivity contribution is -0.138. The first-order chi connectivity index (χ1) is 18.7. The lowest BCUT2D eigenvalue weighted by atomic mass is 10.1. The number of nitrogens with one attached hydrogen (secondary N) is 2. The van der Waals surface area contributed by atoms with E-state index in [0.29, 0.717) is 49.1 Å². The Kier molecular flexibility index (Phi) is 9.82. The van der Waals surface area contributed by atoms with Gasteiger partial charge in [0.25, 0.3) is 5.91 Å². The highest BCUT2D eigenvalue weighted by Gasteiger charge is 2.29. The van der Waals surface area contributed by atoms with Crippen LogP contribution < -0.4 is 15.5 Å². The minimum atomic E-state index is -4.19. The van der Waals surface area contributed by atoms with Gasteiger partial charge in [-0.2, -0.15) is 13.2 Å². The Morgan fingerprint density at radius 2 is 1.85 bits per heavy atom. The van der Waals surface area contributed by atoms with Crippen molar-refractivity contribution < 1.29 is 22.4 Å². The van der Waals surface area contributed by atoms with Crippen LogP contribution in [-0.4, -0.2) is 65.8 Å². The molecular formula is C27H31ClF4N6O. The van der Waals surface area contributed by atoms with Crippen LogP contribution >= 0.6 is 11.6 Å². The SMILES string of the molecule is O=C(Nc1ccc(Cl)cc1N1CCN(CCC(F)(F)F)CC1)c1ccc(CNCCCn2ccnc2)cc1F. The van der Waals surface area contributed by atoms with E-state index in [1.807, 2.05) is 15.7 Å². The Morgan fingerprint density at radius 3 is 2.54 bits per heavy atom. The van der Waals surface area contributed by atoms with Gasteiger partial charge >= 0.3 is 6.18 Å². The third-order valence-electron chi connectivity index (χ3n) is 6.57. The summed E-state index contributed by atoms with van der Waals surface area (Å²) in [6.45, 7) is 3.84. The number of nitrogens with zero attached hydrogens (tertiary/aromatic N) is 4. The molecular weight excluding hydrogens is 536 g/mol. The predicted molar refractivity (Wildman–Crippen MR) is 144 cm³/mol. The van der Waals surface area contributed by atoms with Gasteiger partial charge in [0.05, 0.1) is 29.7 Å². The number of carbonyl (C=O) groups is 1. The molecule has 210 valence electrons. The van der Waals surface area contributed by atoms with E-state index >= 15 is 0 Å². The Morgan fingerprint density at radius 1 is 1.05 bits per heavy atom. The predicted octanol–water partition coefficient (Wildman–Crippen LogP) is 5.18. The van der Waals surface area contributed by atoms with Gasteiger partial charge in [-0.25, -0.2) is 9.37 Å². The van der Waals surface area contributed by atoms with Crippen molar-refractivity contribution in [1.29, 1.82) is 0 Å². The first kappa shape index (κ1) is 28.8. The molecule has 1 amide bonds. The van der Waals surface area contributed by atoms with E-state index in [2.05, 4.69) is 15.6 Å². The first-order valence-corrected chi connectivity index (χ1v) is 13.2. The van der Waals surface area contributed by atoms with Crippen LogP contribution in [0, 0.1) is 5.82 Å². The standard InChI is InChI=1S/C27H31ClF4N6O/c28-21-3-5-24(25(17-21)38-14-12-36(13-15-38)10-6-27(30,31)32)35-26(39)22-4-2-20(16-23(22)29)18-33-7-1-9-37-11-8-34-19-37/h2-5,8,11,16-17,19,33H,1,6-7,9-10,12-15,18H2,(H,35,39). The number of hydrogen-bond donors (Lipinski definition) is 2. The number of rotatable bonds is 11. The molecule has 0 spiro atoms. The Bertz CT molecular complexity index is 1230. The maximum absolute atomic E-state index is 14.9. The van der Waals surface area contributed by atoms with Crippen LogP contribution in [0.15, 0.2) is 55.1 Å². The van der Waals surface area contributed by atoms with E-state index in [-0.39, 0.29) is 12.1 Å². The lowest BCUT2D eigenvalue weighted by Crippen LogP contribution is -2.47. The van der Waals surface area contributed by atoms with Crippen molar-refractivity contribution >= 4 is 28.9 Å². The summed E-state index contributed by atoms with van der Waals surface area (Å²) in [5.74, 6) is -1.22. The first-order valence-electron chi connectivity index (χ1n) is 12.8. The lowest BCUT2D eigenvalue weighted by Gasteiger charge is -2.37. The molecule has 0 aliphatic carbocycles. The van der Waals surface area contributed by atoms with Crippen molar-refractivity contribution in [2.75, 3.05) is 49.5 Å². The molecule has 2 heterocycles. The van der Waals surface area contributed by atoms with Crippen LogP contribution in [0.5, 0.6) is 0 Å². The fourth-order valence-corrected chi connectivity index (χ4v) is 4.62. The molecule has 39 heavy (non-hydrogen) atoms. The summed E-state index contributed by atoms with van der Waals surface area (Å²) in [7, 11) is 0. The number of carbonyl (C=O) groups excluding carboxylic acids is 1. The molecule has 12 heteroatoms. The Balaban J connectivity index is 1.32. The minimum Gasteiger partial charge on any atom is -0.367 e. The van der Waals surface area contributed by atoms with Crippen molar-refractivity contribution in [3.63, 3.8) is 0 Å². The zero-order chi connectivity index (χ0) is 27.8.